The van der Waals surface area contributed by atoms with Gasteiger partial charge in [0, 0.05) is 30.1 Å². The minimum atomic E-state index is -1.82. The Balaban J connectivity index is 0.000000330. The van der Waals surface area contributed by atoms with Crippen LogP contribution in [-0.4, -0.2) is 49.9 Å². The van der Waals surface area contributed by atoms with Crippen molar-refractivity contribution in [3.63, 3.8) is 0 Å². The van der Waals surface area contributed by atoms with Crippen LogP contribution in [-0.2, 0) is 9.59 Å². The van der Waals surface area contributed by atoms with Crippen LogP contribution in [0, 0.1) is 5.92 Å². The number of para-hydroxylation sites is 1. The van der Waals surface area contributed by atoms with Gasteiger partial charge in [-0.15, -0.1) is 0 Å². The lowest BCUT2D eigenvalue weighted by molar-refractivity contribution is -0.159. The lowest BCUT2D eigenvalue weighted by Crippen LogP contribution is -2.26. The number of nitrogens with zero attached hydrogens (tertiary/aromatic N) is 3. The third-order valence-electron chi connectivity index (χ3n) is 4.12. The predicted octanol–water partition coefficient (Wildman–Crippen LogP) is 2.62. The summed E-state index contributed by atoms with van der Waals surface area (Å²) in [5.74, 6) is -2.67. The van der Waals surface area contributed by atoms with E-state index in [9.17, 15) is 4.79 Å². The highest BCUT2D eigenvalue weighted by Crippen LogP contribution is 2.32. The Bertz CT molecular complexity index is 993. The predicted molar refractivity (Wildman–Crippen MR) is 105 cm³/mol. The zero-order valence-electron chi connectivity index (χ0n) is 14.6. The third-order valence-corrected chi connectivity index (χ3v) is 5.34. The number of carboxylic acid groups (broad SMARTS) is 2. The summed E-state index contributed by atoms with van der Waals surface area (Å²) in [6.45, 7) is 0.724. The number of benzene rings is 1. The van der Waals surface area contributed by atoms with Crippen LogP contribution in [0.15, 0.2) is 61.1 Å². The molecule has 2 N–H and O–H groups in total. The van der Waals surface area contributed by atoms with Crippen molar-refractivity contribution in [3.05, 3.63) is 61.1 Å². The molecule has 3 heterocycles. The summed E-state index contributed by atoms with van der Waals surface area (Å²) >= 11 is 1.69. The molecule has 28 heavy (non-hydrogen) atoms. The van der Waals surface area contributed by atoms with Crippen LogP contribution in [0.25, 0.3) is 10.9 Å². The number of aromatic nitrogens is 2. The van der Waals surface area contributed by atoms with Gasteiger partial charge in [0.15, 0.2) is 0 Å². The second kappa shape index (κ2) is 8.57. The Morgan fingerprint density at radius 3 is 2.46 bits per heavy atom. The van der Waals surface area contributed by atoms with Gasteiger partial charge in [-0.2, -0.15) is 0 Å². The Labute approximate surface area is 164 Å². The molecule has 144 valence electrons. The van der Waals surface area contributed by atoms with Gasteiger partial charge < -0.3 is 14.5 Å². The van der Waals surface area contributed by atoms with E-state index in [1.165, 1.54) is 0 Å². The molecule has 0 saturated carbocycles. The van der Waals surface area contributed by atoms with Gasteiger partial charge in [0.05, 0.1) is 23.3 Å². The molecule has 1 aliphatic rings. The molecule has 1 aromatic carbocycles. The van der Waals surface area contributed by atoms with Gasteiger partial charge in [-0.25, -0.2) is 9.59 Å². The summed E-state index contributed by atoms with van der Waals surface area (Å²) in [7, 11) is 0. The van der Waals surface area contributed by atoms with Crippen molar-refractivity contribution in [1.29, 1.82) is 0 Å². The molecule has 0 radical (unpaired) electrons. The standard InChI is InChI=1S/C17H15N3OS.C2H2O4/c21-17(19-9-7-13-4-1-2-6-16(13)19)14-11-20(22-12-14)15-5-3-8-18-10-15;3-1(4)2(5)6/h1-10,14H,11-12H2;(H,3,4)(H,5,6). The molecule has 1 fully saturated rings. The minimum absolute atomic E-state index is 0.000937. The van der Waals surface area contributed by atoms with Crippen molar-refractivity contribution in [2.75, 3.05) is 16.6 Å². The lowest BCUT2D eigenvalue weighted by atomic mass is 10.1. The number of carbonyl (C=O) groups is 3. The van der Waals surface area contributed by atoms with E-state index in [0.717, 1.165) is 28.9 Å². The Hall–Kier alpha value is -3.33. The number of hydrogen-bond acceptors (Lipinski definition) is 6. The monoisotopic (exact) mass is 399 g/mol. The van der Waals surface area contributed by atoms with Crippen LogP contribution >= 0.6 is 11.9 Å². The van der Waals surface area contributed by atoms with E-state index in [-0.39, 0.29) is 11.8 Å². The Morgan fingerprint density at radius 1 is 1.04 bits per heavy atom. The average Bonchev–Trinajstić information content (AvgIpc) is 3.36. The molecule has 0 spiro atoms. The van der Waals surface area contributed by atoms with Crippen LogP contribution in [0.2, 0.25) is 0 Å². The van der Waals surface area contributed by atoms with E-state index in [1.54, 1.807) is 22.7 Å². The van der Waals surface area contributed by atoms with Crippen molar-refractivity contribution in [1.82, 2.24) is 9.55 Å². The maximum Gasteiger partial charge on any atom is 0.414 e. The second-order valence-electron chi connectivity index (χ2n) is 5.96. The minimum Gasteiger partial charge on any atom is -0.473 e. The summed E-state index contributed by atoms with van der Waals surface area (Å²) < 4.78 is 3.94. The molecule has 1 aliphatic heterocycles. The smallest absolute Gasteiger partial charge is 0.414 e. The van der Waals surface area contributed by atoms with Crippen LogP contribution in [0.4, 0.5) is 5.69 Å². The molecular weight excluding hydrogens is 382 g/mol. The summed E-state index contributed by atoms with van der Waals surface area (Å²) in [4.78, 5) is 35.2. The number of fused-ring (bicyclic) bond motifs is 1. The van der Waals surface area contributed by atoms with E-state index in [1.807, 2.05) is 54.9 Å². The number of hydrogen-bond donors (Lipinski definition) is 2. The highest BCUT2D eigenvalue weighted by atomic mass is 32.2. The van der Waals surface area contributed by atoms with Crippen molar-refractivity contribution in [2.24, 2.45) is 5.92 Å². The molecule has 0 aliphatic carbocycles. The van der Waals surface area contributed by atoms with Gasteiger partial charge >= 0.3 is 11.9 Å². The molecule has 0 bridgehead atoms. The fraction of sp³-hybridized carbons (Fsp3) is 0.158. The van der Waals surface area contributed by atoms with E-state index in [0.29, 0.717) is 0 Å². The van der Waals surface area contributed by atoms with E-state index in [4.69, 9.17) is 19.8 Å². The highest BCUT2D eigenvalue weighted by Gasteiger charge is 2.30. The normalized spacial score (nSPS) is 15.7. The largest absolute Gasteiger partial charge is 0.473 e. The quantitative estimate of drug-likeness (QED) is 0.499. The van der Waals surface area contributed by atoms with Gasteiger partial charge in [-0.05, 0) is 36.2 Å². The van der Waals surface area contributed by atoms with Crippen LogP contribution in [0.1, 0.15) is 4.79 Å². The molecular formula is C19H17N3O5S. The van der Waals surface area contributed by atoms with Gasteiger partial charge in [0.25, 0.3) is 0 Å². The number of carboxylic acids is 2. The second-order valence-corrected chi connectivity index (χ2v) is 6.99. The summed E-state index contributed by atoms with van der Waals surface area (Å²) in [6.07, 6.45) is 5.48. The van der Waals surface area contributed by atoms with Crippen molar-refractivity contribution >= 4 is 46.4 Å². The average molecular weight is 399 g/mol. The summed E-state index contributed by atoms with van der Waals surface area (Å²) in [5.41, 5.74) is 2.04. The molecule has 1 saturated heterocycles. The zero-order chi connectivity index (χ0) is 20.1. The van der Waals surface area contributed by atoms with Gasteiger partial charge in [-0.3, -0.25) is 14.3 Å². The SMILES string of the molecule is O=C(C1CSN(c2cccnc2)C1)n1ccc2ccccc21.O=C(O)C(=O)O. The first-order chi connectivity index (χ1) is 13.5. The third kappa shape index (κ3) is 4.32. The molecule has 8 nitrogen and oxygen atoms in total. The number of anilines is 1. The maximum absolute atomic E-state index is 12.8. The first kappa shape index (κ1) is 19.4. The van der Waals surface area contributed by atoms with Gasteiger partial charge in [0.1, 0.15) is 0 Å². The molecule has 3 aromatic rings. The first-order valence-corrected chi connectivity index (χ1v) is 9.28. The fourth-order valence-electron chi connectivity index (χ4n) is 2.79. The summed E-state index contributed by atoms with van der Waals surface area (Å²) in [6, 6.07) is 13.9. The van der Waals surface area contributed by atoms with Gasteiger partial charge in [0.2, 0.25) is 5.91 Å². The van der Waals surface area contributed by atoms with Crippen LogP contribution in [0.3, 0.4) is 0 Å². The molecule has 1 atom stereocenters. The zero-order valence-corrected chi connectivity index (χ0v) is 15.5. The van der Waals surface area contributed by atoms with E-state index >= 15 is 0 Å². The van der Waals surface area contributed by atoms with Crippen molar-refractivity contribution < 1.29 is 24.6 Å². The molecule has 2 aromatic heterocycles. The fourth-order valence-corrected chi connectivity index (χ4v) is 3.94. The number of carbonyl (C=O) groups excluding carboxylic acids is 1. The Morgan fingerprint density at radius 2 is 1.79 bits per heavy atom. The molecule has 9 heteroatoms. The van der Waals surface area contributed by atoms with E-state index < -0.39 is 11.9 Å². The number of pyridine rings is 1. The Kier molecular flexibility index (Phi) is 5.95. The summed E-state index contributed by atoms with van der Waals surface area (Å²) in [5, 5.41) is 15.9. The van der Waals surface area contributed by atoms with Crippen molar-refractivity contribution in [3.8, 4) is 0 Å². The number of rotatable bonds is 2. The van der Waals surface area contributed by atoms with E-state index in [2.05, 4.69) is 9.29 Å². The molecule has 1 unspecified atom stereocenters. The topological polar surface area (TPSA) is 113 Å². The maximum atomic E-state index is 12.8. The van der Waals surface area contributed by atoms with Gasteiger partial charge in [-0.1, -0.05) is 18.2 Å². The van der Waals surface area contributed by atoms with Crippen molar-refractivity contribution in [2.45, 2.75) is 0 Å². The number of aliphatic carboxylic acids is 2. The van der Waals surface area contributed by atoms with Crippen LogP contribution < -0.4 is 4.31 Å². The molecule has 4 rings (SSSR count). The van der Waals surface area contributed by atoms with Crippen LogP contribution in [0.5, 0.6) is 0 Å². The first-order valence-electron chi connectivity index (χ1n) is 8.34. The lowest BCUT2D eigenvalue weighted by Gasteiger charge is -2.16. The highest BCUT2D eigenvalue weighted by molar-refractivity contribution is 8.00. The molecule has 0 amide bonds.